The molecule has 136 valence electrons. The van der Waals surface area contributed by atoms with Gasteiger partial charge in [-0.15, -0.1) is 0 Å². The highest BCUT2D eigenvalue weighted by Gasteiger charge is 2.47. The fraction of sp³-hybridized carbons (Fsp3) is 0.591. The topological polar surface area (TPSA) is 45.0 Å². The second kappa shape index (κ2) is 6.33. The van der Waals surface area contributed by atoms with Crippen LogP contribution in [0.25, 0.3) is 0 Å². The summed E-state index contributed by atoms with van der Waals surface area (Å²) in [5.41, 5.74) is 3.54. The highest BCUT2D eigenvalue weighted by molar-refractivity contribution is 6.12. The number of carbonyl (C=O) groups excluding carboxylic acids is 1. The van der Waals surface area contributed by atoms with Gasteiger partial charge in [-0.3, -0.25) is 9.79 Å². The molecule has 2 fully saturated rings. The van der Waals surface area contributed by atoms with Gasteiger partial charge in [0.05, 0.1) is 17.7 Å². The van der Waals surface area contributed by atoms with Gasteiger partial charge in [-0.05, 0) is 38.2 Å². The number of hydrazone groups is 1. The number of hydrogen-bond donors (Lipinski definition) is 0. The van der Waals surface area contributed by atoms with Crippen molar-refractivity contribution in [1.29, 1.82) is 0 Å². The van der Waals surface area contributed by atoms with Crippen molar-refractivity contribution in [2.24, 2.45) is 27.8 Å². The Morgan fingerprint density at radius 1 is 0.885 bits per heavy atom. The summed E-state index contributed by atoms with van der Waals surface area (Å²) >= 11 is 0. The fourth-order valence-electron chi connectivity index (χ4n) is 5.35. The maximum absolute atomic E-state index is 13.2. The number of hydrogen-bond acceptors (Lipinski definition) is 3. The molecule has 26 heavy (non-hydrogen) atoms. The predicted octanol–water partition coefficient (Wildman–Crippen LogP) is 4.32. The minimum absolute atomic E-state index is 0.0515. The number of carbonyl (C=O) groups is 1. The Hall–Kier alpha value is -1.97. The molecule has 0 saturated heterocycles. The van der Waals surface area contributed by atoms with E-state index in [9.17, 15) is 4.79 Å². The van der Waals surface area contributed by atoms with Crippen LogP contribution >= 0.6 is 0 Å². The van der Waals surface area contributed by atoms with Crippen molar-refractivity contribution in [3.8, 4) is 0 Å². The zero-order valence-corrected chi connectivity index (χ0v) is 15.5. The van der Waals surface area contributed by atoms with Crippen molar-refractivity contribution in [2.45, 2.75) is 64.3 Å². The van der Waals surface area contributed by atoms with Gasteiger partial charge in [0.2, 0.25) is 0 Å². The standard InChI is InChI=1S/C22H27N3O/c1-14-10-12-15(13-11-14)20-16-6-2-3-7-17(16)21-23-19-9-5-4-8-18(19)22(26)25(21)24-20/h10-13,16-19H,2-9H2,1H3/t16-,17+,18+,19+/m1/s1. The molecule has 4 aliphatic rings. The molecular weight excluding hydrogens is 322 g/mol. The molecule has 5 rings (SSSR count). The van der Waals surface area contributed by atoms with Gasteiger partial charge in [0.25, 0.3) is 5.91 Å². The van der Waals surface area contributed by atoms with Crippen molar-refractivity contribution in [2.75, 3.05) is 0 Å². The molecule has 2 heterocycles. The first-order valence-electron chi connectivity index (χ1n) is 10.3. The number of fused-ring (bicyclic) bond motifs is 4. The van der Waals surface area contributed by atoms with Crippen LogP contribution in [-0.4, -0.2) is 28.5 Å². The summed E-state index contributed by atoms with van der Waals surface area (Å²) in [7, 11) is 0. The molecule has 1 aromatic rings. The number of aryl methyl sites for hydroxylation is 1. The monoisotopic (exact) mass is 349 g/mol. The smallest absolute Gasteiger partial charge is 0.253 e. The molecule has 0 bridgehead atoms. The van der Waals surface area contributed by atoms with E-state index < -0.39 is 0 Å². The number of rotatable bonds is 1. The van der Waals surface area contributed by atoms with Gasteiger partial charge < -0.3 is 0 Å². The largest absolute Gasteiger partial charge is 0.272 e. The van der Waals surface area contributed by atoms with E-state index in [0.717, 1.165) is 43.7 Å². The summed E-state index contributed by atoms with van der Waals surface area (Å²) in [6, 6.07) is 8.84. The van der Waals surface area contributed by atoms with E-state index in [2.05, 4.69) is 31.2 Å². The lowest BCUT2D eigenvalue weighted by Gasteiger charge is -2.45. The van der Waals surface area contributed by atoms with E-state index in [1.165, 1.54) is 30.4 Å². The number of amidine groups is 1. The lowest BCUT2D eigenvalue weighted by atomic mass is 9.72. The zero-order valence-electron chi connectivity index (χ0n) is 15.5. The molecule has 4 atom stereocenters. The van der Waals surface area contributed by atoms with Crippen LogP contribution in [0.2, 0.25) is 0 Å². The summed E-state index contributed by atoms with van der Waals surface area (Å²) in [6.07, 6.45) is 9.17. The van der Waals surface area contributed by atoms with Crippen molar-refractivity contribution >= 4 is 17.5 Å². The van der Waals surface area contributed by atoms with Gasteiger partial charge in [0.15, 0.2) is 0 Å². The number of benzene rings is 1. The maximum Gasteiger partial charge on any atom is 0.253 e. The Labute approximate surface area is 155 Å². The SMILES string of the molecule is Cc1ccc(C2=NN3C(=O)[C@H]4CCCC[C@@H]4N=C3[C@H]3CCCC[C@@H]23)cc1. The van der Waals surface area contributed by atoms with E-state index >= 15 is 0 Å². The quantitative estimate of drug-likeness (QED) is 0.745. The third kappa shape index (κ3) is 2.53. The summed E-state index contributed by atoms with van der Waals surface area (Å²) in [6.45, 7) is 2.11. The average molecular weight is 349 g/mol. The first kappa shape index (κ1) is 16.2. The fourth-order valence-corrected chi connectivity index (χ4v) is 5.35. The van der Waals surface area contributed by atoms with E-state index in [1.54, 1.807) is 5.01 Å². The molecule has 0 aromatic heterocycles. The normalized spacial score (nSPS) is 33.6. The van der Waals surface area contributed by atoms with E-state index in [-0.39, 0.29) is 17.9 Å². The molecule has 0 unspecified atom stereocenters. The predicted molar refractivity (Wildman–Crippen MR) is 103 cm³/mol. The Morgan fingerprint density at radius 3 is 2.31 bits per heavy atom. The van der Waals surface area contributed by atoms with Crippen LogP contribution < -0.4 is 0 Å². The summed E-state index contributed by atoms with van der Waals surface area (Å²) < 4.78 is 0. The first-order valence-corrected chi connectivity index (χ1v) is 10.3. The van der Waals surface area contributed by atoms with E-state index in [0.29, 0.717) is 11.8 Å². The number of nitrogens with zero attached hydrogens (tertiary/aromatic N) is 3. The molecule has 2 saturated carbocycles. The van der Waals surface area contributed by atoms with Crippen LogP contribution in [0.3, 0.4) is 0 Å². The van der Waals surface area contributed by atoms with Crippen LogP contribution in [0.4, 0.5) is 0 Å². The van der Waals surface area contributed by atoms with Crippen LogP contribution in [0.1, 0.15) is 62.5 Å². The minimum Gasteiger partial charge on any atom is -0.272 e. The van der Waals surface area contributed by atoms with Crippen molar-refractivity contribution < 1.29 is 4.79 Å². The molecule has 0 spiro atoms. The van der Waals surface area contributed by atoms with Crippen LogP contribution in [0, 0.1) is 24.7 Å². The molecule has 0 N–H and O–H groups in total. The maximum atomic E-state index is 13.2. The second-order valence-corrected chi connectivity index (χ2v) is 8.44. The van der Waals surface area contributed by atoms with Crippen LogP contribution in [-0.2, 0) is 4.79 Å². The highest BCUT2D eigenvalue weighted by atomic mass is 16.2. The number of aliphatic imine (C=N–C) groups is 1. The summed E-state index contributed by atoms with van der Waals surface area (Å²) in [5, 5.41) is 6.65. The summed E-state index contributed by atoms with van der Waals surface area (Å²) in [5.74, 6) is 2.02. The Morgan fingerprint density at radius 2 is 1.54 bits per heavy atom. The third-order valence-electron chi connectivity index (χ3n) is 6.77. The molecule has 4 heteroatoms. The molecule has 1 amide bonds. The van der Waals surface area contributed by atoms with Crippen LogP contribution in [0.15, 0.2) is 34.4 Å². The lowest BCUT2D eigenvalue weighted by Crippen LogP contribution is -2.55. The van der Waals surface area contributed by atoms with Gasteiger partial charge in [-0.25, -0.2) is 0 Å². The van der Waals surface area contributed by atoms with Gasteiger partial charge in [0.1, 0.15) is 5.84 Å². The lowest BCUT2D eigenvalue weighted by molar-refractivity contribution is -0.134. The molecule has 2 aliphatic carbocycles. The molecule has 4 nitrogen and oxygen atoms in total. The molecule has 1 aromatic carbocycles. The van der Waals surface area contributed by atoms with Gasteiger partial charge >= 0.3 is 0 Å². The van der Waals surface area contributed by atoms with Crippen molar-refractivity contribution in [3.63, 3.8) is 0 Å². The van der Waals surface area contributed by atoms with Crippen molar-refractivity contribution in [3.05, 3.63) is 35.4 Å². The number of amides is 1. The average Bonchev–Trinajstić information content (AvgIpc) is 2.69. The van der Waals surface area contributed by atoms with E-state index in [1.807, 2.05) is 0 Å². The Bertz CT molecular complexity index is 779. The Balaban J connectivity index is 1.60. The van der Waals surface area contributed by atoms with Gasteiger partial charge in [0, 0.05) is 11.8 Å². The third-order valence-corrected chi connectivity index (χ3v) is 6.77. The highest BCUT2D eigenvalue weighted by Crippen LogP contribution is 2.42. The second-order valence-electron chi connectivity index (χ2n) is 8.44. The molecule has 0 radical (unpaired) electrons. The van der Waals surface area contributed by atoms with E-state index in [4.69, 9.17) is 10.1 Å². The molecular formula is C22H27N3O. The molecule has 2 aliphatic heterocycles. The van der Waals surface area contributed by atoms with Gasteiger partial charge in [-0.2, -0.15) is 10.1 Å². The Kier molecular flexibility index (Phi) is 3.95. The van der Waals surface area contributed by atoms with Crippen molar-refractivity contribution in [1.82, 2.24) is 5.01 Å². The minimum atomic E-state index is 0.0515. The first-order chi connectivity index (χ1) is 12.7. The van der Waals surface area contributed by atoms with Gasteiger partial charge in [-0.1, -0.05) is 55.5 Å². The summed E-state index contributed by atoms with van der Waals surface area (Å²) in [4.78, 5) is 18.4. The zero-order chi connectivity index (χ0) is 17.7. The van der Waals surface area contributed by atoms with Crippen LogP contribution in [0.5, 0.6) is 0 Å².